The van der Waals surface area contributed by atoms with Crippen LogP contribution >= 0.6 is 0 Å². The Labute approximate surface area is 83.6 Å². The lowest BCUT2D eigenvalue weighted by Gasteiger charge is -2.23. The first-order chi connectivity index (χ1) is 6.64. The van der Waals surface area contributed by atoms with Crippen LogP contribution in [0.15, 0.2) is 24.3 Å². The molecule has 0 bridgehead atoms. The molecular weight excluding hydrogens is 176 g/mol. The minimum absolute atomic E-state index is 0.393. The van der Waals surface area contributed by atoms with Crippen molar-refractivity contribution in [2.45, 2.75) is 25.4 Å². The fourth-order valence-electron chi connectivity index (χ4n) is 1.78. The van der Waals surface area contributed by atoms with Gasteiger partial charge in [0.15, 0.2) is 0 Å². The van der Waals surface area contributed by atoms with Crippen molar-refractivity contribution in [3.63, 3.8) is 0 Å². The number of rotatable bonds is 3. The van der Waals surface area contributed by atoms with Crippen molar-refractivity contribution in [1.82, 2.24) is 0 Å². The summed E-state index contributed by atoms with van der Waals surface area (Å²) in [4.78, 5) is 10.5. The Morgan fingerprint density at radius 2 is 1.93 bits per heavy atom. The quantitative estimate of drug-likeness (QED) is 0.741. The zero-order chi connectivity index (χ0) is 10.2. The van der Waals surface area contributed by atoms with E-state index in [9.17, 15) is 9.90 Å². The smallest absolute Gasteiger partial charge is 0.150 e. The Balaban J connectivity index is 2.27. The third kappa shape index (κ3) is 1.58. The van der Waals surface area contributed by atoms with Gasteiger partial charge in [0.2, 0.25) is 0 Å². The first-order valence-corrected chi connectivity index (χ1v) is 4.92. The lowest BCUT2D eigenvalue weighted by atomic mass is 9.90. The van der Waals surface area contributed by atoms with E-state index in [1.807, 2.05) is 19.1 Å². The molecule has 0 radical (unpaired) electrons. The third-order valence-corrected chi connectivity index (χ3v) is 3.00. The highest BCUT2D eigenvalue weighted by molar-refractivity contribution is 5.74. The predicted molar refractivity (Wildman–Crippen MR) is 54.1 cm³/mol. The number of aldehydes is 1. The summed E-state index contributed by atoms with van der Waals surface area (Å²) in [6, 6.07) is 7.17. The van der Waals surface area contributed by atoms with Crippen molar-refractivity contribution >= 4 is 6.29 Å². The highest BCUT2D eigenvalue weighted by Crippen LogP contribution is 2.45. The number of hydrogen-bond acceptors (Lipinski definition) is 2. The van der Waals surface area contributed by atoms with E-state index in [-0.39, 0.29) is 0 Å². The molecule has 1 atom stereocenters. The number of hydrogen-bond donors (Lipinski definition) is 1. The second-order valence-corrected chi connectivity index (χ2v) is 4.16. The summed E-state index contributed by atoms with van der Waals surface area (Å²) in [5.74, 6) is 0.393. The van der Waals surface area contributed by atoms with Crippen LogP contribution in [0.5, 0.6) is 0 Å². The molecule has 0 amide bonds. The number of benzene rings is 1. The van der Waals surface area contributed by atoms with Crippen molar-refractivity contribution < 1.29 is 9.90 Å². The van der Waals surface area contributed by atoms with E-state index in [4.69, 9.17) is 0 Å². The van der Waals surface area contributed by atoms with E-state index in [0.29, 0.717) is 11.5 Å². The van der Waals surface area contributed by atoms with Gasteiger partial charge in [0.25, 0.3) is 0 Å². The van der Waals surface area contributed by atoms with Crippen LogP contribution in [0.2, 0.25) is 0 Å². The number of carbonyl (C=O) groups excluding carboxylic acids is 1. The lowest BCUT2D eigenvalue weighted by molar-refractivity contribution is 0.0330. The maximum Gasteiger partial charge on any atom is 0.150 e. The van der Waals surface area contributed by atoms with Crippen LogP contribution < -0.4 is 0 Å². The molecule has 0 aromatic heterocycles. The van der Waals surface area contributed by atoms with Crippen molar-refractivity contribution in [2.24, 2.45) is 5.92 Å². The van der Waals surface area contributed by atoms with Gasteiger partial charge in [-0.1, -0.05) is 24.3 Å². The normalized spacial score (nSPS) is 20.1. The fraction of sp³-hybridized carbons (Fsp3) is 0.417. The van der Waals surface area contributed by atoms with Crippen molar-refractivity contribution in [3.8, 4) is 0 Å². The molecule has 1 fully saturated rings. The molecule has 0 saturated heterocycles. The summed E-state index contributed by atoms with van der Waals surface area (Å²) in [5, 5.41) is 10.2. The molecule has 0 aliphatic heterocycles. The zero-order valence-electron chi connectivity index (χ0n) is 8.23. The van der Waals surface area contributed by atoms with Gasteiger partial charge >= 0.3 is 0 Å². The van der Waals surface area contributed by atoms with Crippen molar-refractivity contribution in [1.29, 1.82) is 0 Å². The summed E-state index contributed by atoms with van der Waals surface area (Å²) in [6.45, 7) is 1.85. The van der Waals surface area contributed by atoms with Crippen LogP contribution in [0.3, 0.4) is 0 Å². The molecule has 1 aromatic carbocycles. The highest BCUT2D eigenvalue weighted by Gasteiger charge is 2.40. The number of aliphatic hydroxyl groups is 1. The SMILES string of the molecule is CC(O)(c1ccc(C=O)cc1)C1CC1. The molecule has 1 aromatic rings. The Kier molecular flexibility index (Phi) is 2.16. The first kappa shape index (κ1) is 9.41. The third-order valence-electron chi connectivity index (χ3n) is 3.00. The number of carbonyl (C=O) groups is 1. The van der Waals surface area contributed by atoms with Gasteiger partial charge in [-0.3, -0.25) is 4.79 Å². The molecule has 1 N–H and O–H groups in total. The zero-order valence-corrected chi connectivity index (χ0v) is 8.23. The molecule has 2 heteroatoms. The maximum absolute atomic E-state index is 10.5. The van der Waals surface area contributed by atoms with Crippen LogP contribution in [-0.4, -0.2) is 11.4 Å². The van der Waals surface area contributed by atoms with Crippen molar-refractivity contribution in [3.05, 3.63) is 35.4 Å². The molecule has 2 rings (SSSR count). The standard InChI is InChI=1S/C12H14O2/c1-12(14,11-6-7-11)10-4-2-9(8-13)3-5-10/h2-5,8,11,14H,6-7H2,1H3. The first-order valence-electron chi connectivity index (χ1n) is 4.92. The monoisotopic (exact) mass is 190 g/mol. The van der Waals surface area contributed by atoms with Gasteiger partial charge in [-0.25, -0.2) is 0 Å². The van der Waals surface area contributed by atoms with Crippen LogP contribution in [0.4, 0.5) is 0 Å². The van der Waals surface area contributed by atoms with Crippen LogP contribution in [0.1, 0.15) is 35.7 Å². The Morgan fingerprint density at radius 1 is 1.36 bits per heavy atom. The summed E-state index contributed by atoms with van der Waals surface area (Å²) in [7, 11) is 0. The second kappa shape index (κ2) is 3.21. The molecule has 74 valence electrons. The van der Waals surface area contributed by atoms with Crippen LogP contribution in [0, 0.1) is 5.92 Å². The molecular formula is C12H14O2. The summed E-state index contributed by atoms with van der Waals surface area (Å²) in [6.07, 6.45) is 3.01. The van der Waals surface area contributed by atoms with Gasteiger partial charge in [0.1, 0.15) is 6.29 Å². The van der Waals surface area contributed by atoms with Gasteiger partial charge < -0.3 is 5.11 Å². The Bertz CT molecular complexity index is 334. The maximum atomic E-state index is 10.5. The summed E-state index contributed by atoms with van der Waals surface area (Å²) >= 11 is 0. The van der Waals surface area contributed by atoms with Crippen LogP contribution in [0.25, 0.3) is 0 Å². The molecule has 2 nitrogen and oxygen atoms in total. The van der Waals surface area contributed by atoms with E-state index in [1.54, 1.807) is 12.1 Å². The van der Waals surface area contributed by atoms with Gasteiger partial charge in [0.05, 0.1) is 5.60 Å². The minimum atomic E-state index is -0.721. The Morgan fingerprint density at radius 3 is 2.36 bits per heavy atom. The summed E-state index contributed by atoms with van der Waals surface area (Å²) < 4.78 is 0. The molecule has 1 aliphatic rings. The molecule has 0 spiro atoms. The molecule has 14 heavy (non-hydrogen) atoms. The van der Waals surface area contributed by atoms with E-state index in [1.165, 1.54) is 0 Å². The van der Waals surface area contributed by atoms with Gasteiger partial charge in [0, 0.05) is 5.56 Å². The fourth-order valence-corrected chi connectivity index (χ4v) is 1.78. The van der Waals surface area contributed by atoms with Crippen LogP contribution in [-0.2, 0) is 5.60 Å². The molecule has 0 heterocycles. The van der Waals surface area contributed by atoms with E-state index < -0.39 is 5.60 Å². The van der Waals surface area contributed by atoms with Gasteiger partial charge in [-0.15, -0.1) is 0 Å². The second-order valence-electron chi connectivity index (χ2n) is 4.16. The van der Waals surface area contributed by atoms with Gasteiger partial charge in [-0.2, -0.15) is 0 Å². The average molecular weight is 190 g/mol. The largest absolute Gasteiger partial charge is 0.385 e. The topological polar surface area (TPSA) is 37.3 Å². The average Bonchev–Trinajstić information content (AvgIpc) is 3.01. The van der Waals surface area contributed by atoms with E-state index >= 15 is 0 Å². The highest BCUT2D eigenvalue weighted by atomic mass is 16.3. The van der Waals surface area contributed by atoms with Crippen molar-refractivity contribution in [2.75, 3.05) is 0 Å². The Hall–Kier alpha value is -1.15. The lowest BCUT2D eigenvalue weighted by Crippen LogP contribution is -2.23. The molecule has 1 aliphatic carbocycles. The summed E-state index contributed by atoms with van der Waals surface area (Å²) in [5.41, 5.74) is 0.840. The van der Waals surface area contributed by atoms with Gasteiger partial charge in [-0.05, 0) is 31.2 Å². The minimum Gasteiger partial charge on any atom is -0.385 e. The van der Waals surface area contributed by atoms with E-state index in [2.05, 4.69) is 0 Å². The predicted octanol–water partition coefficient (Wildman–Crippen LogP) is 2.12. The van der Waals surface area contributed by atoms with E-state index in [0.717, 1.165) is 24.7 Å². The molecule has 1 unspecified atom stereocenters. The molecule has 1 saturated carbocycles.